The minimum atomic E-state index is -0.0919. The van der Waals surface area contributed by atoms with E-state index in [9.17, 15) is 4.39 Å². The van der Waals surface area contributed by atoms with E-state index in [4.69, 9.17) is 0 Å². The molecule has 1 atom stereocenters. The lowest BCUT2D eigenvalue weighted by molar-refractivity contribution is 0.514. The van der Waals surface area contributed by atoms with Crippen molar-refractivity contribution in [3.8, 4) is 0 Å². The Hall–Kier alpha value is -0.850. The van der Waals surface area contributed by atoms with Gasteiger partial charge in [0, 0.05) is 0 Å². The van der Waals surface area contributed by atoms with Crippen molar-refractivity contribution in [2.24, 2.45) is 5.92 Å². The van der Waals surface area contributed by atoms with Gasteiger partial charge in [0.25, 0.3) is 0 Å². The highest BCUT2D eigenvalue weighted by molar-refractivity contribution is 5.27. The Labute approximate surface area is 113 Å². The van der Waals surface area contributed by atoms with Crippen molar-refractivity contribution in [2.45, 2.75) is 66.7 Å². The molecular formula is C17H29F. The predicted octanol–water partition coefficient (Wildman–Crippen LogP) is 5.95. The summed E-state index contributed by atoms with van der Waals surface area (Å²) >= 11 is 0. The van der Waals surface area contributed by atoms with Crippen molar-refractivity contribution in [3.63, 3.8) is 0 Å². The summed E-state index contributed by atoms with van der Waals surface area (Å²) < 4.78 is 13.4. The van der Waals surface area contributed by atoms with Crippen molar-refractivity contribution in [1.82, 2.24) is 0 Å². The molecule has 1 rings (SSSR count). The summed E-state index contributed by atoms with van der Waals surface area (Å²) in [5.41, 5.74) is 2.25. The number of halogens is 1. The maximum atomic E-state index is 13.4. The van der Waals surface area contributed by atoms with Gasteiger partial charge in [-0.3, -0.25) is 0 Å². The van der Waals surface area contributed by atoms with E-state index in [0.717, 1.165) is 29.9 Å². The maximum absolute atomic E-state index is 13.4. The molecule has 0 radical (unpaired) electrons. The number of hydrogen-bond donors (Lipinski definition) is 0. The van der Waals surface area contributed by atoms with Crippen LogP contribution in [0.1, 0.15) is 71.4 Å². The van der Waals surface area contributed by atoms with Crippen LogP contribution in [0.3, 0.4) is 0 Å². The SMILES string of the molecule is CC.CCc1cc(F)cc(C(C)CCC(C)C)c1. The Morgan fingerprint density at radius 3 is 2.11 bits per heavy atom. The van der Waals surface area contributed by atoms with E-state index in [-0.39, 0.29) is 5.82 Å². The Morgan fingerprint density at radius 2 is 1.61 bits per heavy atom. The van der Waals surface area contributed by atoms with Gasteiger partial charge in [0.2, 0.25) is 0 Å². The largest absolute Gasteiger partial charge is 0.207 e. The zero-order chi connectivity index (χ0) is 14.1. The summed E-state index contributed by atoms with van der Waals surface area (Å²) in [5, 5.41) is 0. The molecule has 0 aliphatic carbocycles. The molecule has 0 heterocycles. The lowest BCUT2D eigenvalue weighted by Crippen LogP contribution is -1.99. The van der Waals surface area contributed by atoms with Crippen LogP contribution in [0.2, 0.25) is 0 Å². The molecule has 0 aromatic heterocycles. The third kappa shape index (κ3) is 6.18. The van der Waals surface area contributed by atoms with Crippen LogP contribution in [0.25, 0.3) is 0 Å². The second kappa shape index (κ2) is 9.13. The quantitative estimate of drug-likeness (QED) is 0.607. The monoisotopic (exact) mass is 252 g/mol. The minimum absolute atomic E-state index is 0.0919. The van der Waals surface area contributed by atoms with Crippen LogP contribution in [-0.2, 0) is 6.42 Å². The third-order valence-corrected chi connectivity index (χ3v) is 3.13. The standard InChI is InChI=1S/C15H23F.C2H6/c1-5-13-8-14(10-15(16)9-13)12(4)7-6-11(2)3;1-2/h8-12H,5-7H2,1-4H3;1-2H3. The molecule has 1 aromatic carbocycles. The van der Waals surface area contributed by atoms with Gasteiger partial charge in [-0.15, -0.1) is 0 Å². The number of hydrogen-bond acceptors (Lipinski definition) is 0. The Morgan fingerprint density at radius 1 is 1.00 bits per heavy atom. The molecule has 1 unspecified atom stereocenters. The van der Waals surface area contributed by atoms with Crippen LogP contribution in [0, 0.1) is 11.7 Å². The number of rotatable bonds is 5. The number of benzene rings is 1. The Bertz CT molecular complexity index is 328. The molecule has 0 spiro atoms. The van der Waals surface area contributed by atoms with E-state index in [1.807, 2.05) is 13.8 Å². The average molecular weight is 252 g/mol. The molecule has 18 heavy (non-hydrogen) atoms. The first-order chi connectivity index (χ1) is 8.52. The van der Waals surface area contributed by atoms with Gasteiger partial charge in [0.15, 0.2) is 0 Å². The van der Waals surface area contributed by atoms with Crippen LogP contribution in [0.4, 0.5) is 4.39 Å². The second-order valence-electron chi connectivity index (χ2n) is 5.12. The molecule has 0 aliphatic rings. The van der Waals surface area contributed by atoms with E-state index in [1.165, 1.54) is 6.42 Å². The summed E-state index contributed by atoms with van der Waals surface area (Å²) in [6.07, 6.45) is 3.26. The van der Waals surface area contributed by atoms with Crippen LogP contribution in [-0.4, -0.2) is 0 Å². The first-order valence-corrected chi connectivity index (χ1v) is 7.32. The molecule has 0 saturated heterocycles. The molecular weight excluding hydrogens is 223 g/mol. The predicted molar refractivity (Wildman–Crippen MR) is 79.6 cm³/mol. The van der Waals surface area contributed by atoms with Crippen molar-refractivity contribution in [1.29, 1.82) is 0 Å². The van der Waals surface area contributed by atoms with Gasteiger partial charge in [0.05, 0.1) is 0 Å². The van der Waals surface area contributed by atoms with E-state index >= 15 is 0 Å². The normalized spacial score (nSPS) is 12.0. The summed E-state index contributed by atoms with van der Waals surface area (Å²) in [4.78, 5) is 0. The van der Waals surface area contributed by atoms with Crippen molar-refractivity contribution in [3.05, 3.63) is 35.1 Å². The molecule has 0 N–H and O–H groups in total. The molecule has 0 bridgehead atoms. The molecule has 0 aliphatic heterocycles. The highest BCUT2D eigenvalue weighted by Gasteiger charge is 2.09. The second-order valence-corrected chi connectivity index (χ2v) is 5.12. The van der Waals surface area contributed by atoms with Crippen LogP contribution >= 0.6 is 0 Å². The smallest absolute Gasteiger partial charge is 0.123 e. The molecule has 0 amide bonds. The lowest BCUT2D eigenvalue weighted by atomic mass is 9.91. The molecule has 0 saturated carbocycles. The summed E-state index contributed by atoms with van der Waals surface area (Å²) in [6.45, 7) is 12.7. The minimum Gasteiger partial charge on any atom is -0.207 e. The molecule has 1 aromatic rings. The number of aryl methyl sites for hydroxylation is 1. The van der Waals surface area contributed by atoms with E-state index in [2.05, 4.69) is 33.8 Å². The maximum Gasteiger partial charge on any atom is 0.123 e. The first-order valence-electron chi connectivity index (χ1n) is 7.32. The zero-order valence-electron chi connectivity index (χ0n) is 12.9. The van der Waals surface area contributed by atoms with Gasteiger partial charge in [-0.1, -0.05) is 54.0 Å². The molecule has 0 nitrogen and oxygen atoms in total. The van der Waals surface area contributed by atoms with Gasteiger partial charge in [0.1, 0.15) is 5.82 Å². The lowest BCUT2D eigenvalue weighted by Gasteiger charge is -2.14. The van der Waals surface area contributed by atoms with Crippen molar-refractivity contribution < 1.29 is 4.39 Å². The summed E-state index contributed by atoms with van der Waals surface area (Å²) in [7, 11) is 0. The summed E-state index contributed by atoms with van der Waals surface area (Å²) in [6, 6.07) is 5.47. The average Bonchev–Trinajstić information content (AvgIpc) is 2.37. The topological polar surface area (TPSA) is 0 Å². The Balaban J connectivity index is 0.00000137. The van der Waals surface area contributed by atoms with Crippen molar-refractivity contribution >= 4 is 0 Å². The van der Waals surface area contributed by atoms with E-state index in [1.54, 1.807) is 12.1 Å². The fraction of sp³-hybridized carbons (Fsp3) is 0.647. The fourth-order valence-corrected chi connectivity index (χ4v) is 1.91. The summed E-state index contributed by atoms with van der Waals surface area (Å²) in [5.74, 6) is 1.09. The molecule has 0 fully saturated rings. The van der Waals surface area contributed by atoms with Gasteiger partial charge < -0.3 is 0 Å². The highest BCUT2D eigenvalue weighted by atomic mass is 19.1. The van der Waals surface area contributed by atoms with Crippen molar-refractivity contribution in [2.75, 3.05) is 0 Å². The van der Waals surface area contributed by atoms with Crippen LogP contribution < -0.4 is 0 Å². The van der Waals surface area contributed by atoms with Gasteiger partial charge in [-0.05, 0) is 47.9 Å². The van der Waals surface area contributed by atoms with E-state index < -0.39 is 0 Å². The third-order valence-electron chi connectivity index (χ3n) is 3.13. The molecule has 1 heteroatoms. The fourth-order valence-electron chi connectivity index (χ4n) is 1.91. The van der Waals surface area contributed by atoms with Gasteiger partial charge in [-0.25, -0.2) is 4.39 Å². The van der Waals surface area contributed by atoms with E-state index in [0.29, 0.717) is 5.92 Å². The van der Waals surface area contributed by atoms with Gasteiger partial charge >= 0.3 is 0 Å². The van der Waals surface area contributed by atoms with Crippen LogP contribution in [0.5, 0.6) is 0 Å². The zero-order valence-corrected chi connectivity index (χ0v) is 12.9. The van der Waals surface area contributed by atoms with Gasteiger partial charge in [-0.2, -0.15) is 0 Å². The molecule has 104 valence electrons. The van der Waals surface area contributed by atoms with Crippen LogP contribution in [0.15, 0.2) is 18.2 Å². The first kappa shape index (κ1) is 17.2. The highest BCUT2D eigenvalue weighted by Crippen LogP contribution is 2.24. The Kier molecular flexibility index (Phi) is 8.70.